The minimum absolute atomic E-state index is 0.117. The van der Waals surface area contributed by atoms with Gasteiger partial charge in [0.25, 0.3) is 5.91 Å². The number of carbonyl (C=O) groups excluding carboxylic acids is 2. The number of Topliss-reactive ketones (excluding diaryl/α,β-unsaturated/α-hetero) is 1. The number of aromatic nitrogens is 1. The molecule has 41 heavy (non-hydrogen) atoms. The van der Waals surface area contributed by atoms with Crippen molar-refractivity contribution in [1.82, 2.24) is 9.47 Å². The monoisotopic (exact) mass is 583 g/mol. The predicted molar refractivity (Wildman–Crippen MR) is 155 cm³/mol. The van der Waals surface area contributed by atoms with Crippen molar-refractivity contribution in [2.75, 3.05) is 18.4 Å². The van der Waals surface area contributed by atoms with Gasteiger partial charge in [0.15, 0.2) is 11.5 Å². The van der Waals surface area contributed by atoms with Crippen molar-refractivity contribution in [2.45, 2.75) is 63.7 Å². The Morgan fingerprint density at radius 3 is 2.49 bits per heavy atom. The molecular weight excluding hydrogens is 549 g/mol. The number of para-hydroxylation sites is 1. The molecule has 1 unspecified atom stereocenters. The first kappa shape index (κ1) is 29.2. The molecule has 0 spiro atoms. The lowest BCUT2D eigenvalue weighted by molar-refractivity contribution is -0.190. The Balaban J connectivity index is 1.32. The molecule has 10 heteroatoms. The van der Waals surface area contributed by atoms with Crippen molar-refractivity contribution >= 4 is 45.9 Å². The third kappa shape index (κ3) is 6.03. The van der Waals surface area contributed by atoms with E-state index < -0.39 is 23.4 Å². The number of rotatable bonds is 9. The first-order valence-corrected chi connectivity index (χ1v) is 14.5. The zero-order valence-corrected chi connectivity index (χ0v) is 24.0. The molecule has 8 nitrogen and oxygen atoms in total. The number of benzene rings is 2. The summed E-state index contributed by atoms with van der Waals surface area (Å²) >= 11 is 6.49. The van der Waals surface area contributed by atoms with E-state index >= 15 is 4.39 Å². The summed E-state index contributed by atoms with van der Waals surface area (Å²) in [5.74, 6) is -2.55. The van der Waals surface area contributed by atoms with E-state index in [1.807, 2.05) is 40.8 Å². The van der Waals surface area contributed by atoms with Gasteiger partial charge in [-0.1, -0.05) is 29.8 Å². The van der Waals surface area contributed by atoms with Crippen molar-refractivity contribution in [3.05, 3.63) is 64.6 Å². The van der Waals surface area contributed by atoms with Crippen molar-refractivity contribution in [1.29, 1.82) is 0 Å². The molecule has 1 saturated heterocycles. The summed E-state index contributed by atoms with van der Waals surface area (Å²) in [5.41, 5.74) is 0.299. The molecule has 2 N–H and O–H groups in total. The summed E-state index contributed by atoms with van der Waals surface area (Å²) < 4.78 is 23.6. The van der Waals surface area contributed by atoms with Crippen LogP contribution in [-0.4, -0.2) is 57.2 Å². The molecule has 1 aromatic heterocycles. The zero-order valence-electron chi connectivity index (χ0n) is 23.3. The number of ether oxygens (including phenoxy) is 1. The number of carbonyl (C=O) groups is 3. The van der Waals surface area contributed by atoms with Crippen LogP contribution in [0.25, 0.3) is 10.9 Å². The summed E-state index contributed by atoms with van der Waals surface area (Å²) in [4.78, 5) is 40.2. The Hall–Kier alpha value is -3.27. The minimum Gasteiger partial charge on any atom is -0.481 e. The highest BCUT2D eigenvalue weighted by Crippen LogP contribution is 2.34. The maximum atomic E-state index is 15.4. The van der Waals surface area contributed by atoms with Crippen LogP contribution < -0.4 is 5.32 Å². The third-order valence-electron chi connectivity index (χ3n) is 8.52. The molecule has 1 atom stereocenters. The van der Waals surface area contributed by atoms with E-state index in [1.165, 1.54) is 6.07 Å². The highest BCUT2D eigenvalue weighted by molar-refractivity contribution is 6.34. The number of carboxylic acids is 1. The number of halogens is 2. The van der Waals surface area contributed by atoms with Crippen LogP contribution in [0, 0.1) is 11.7 Å². The number of anilines is 1. The average Bonchev–Trinajstić information content (AvgIpc) is 3.61. The number of carboxylic acid groups (broad SMARTS) is 1. The van der Waals surface area contributed by atoms with Gasteiger partial charge in [-0.25, -0.2) is 4.39 Å². The Morgan fingerprint density at radius 2 is 1.80 bits per heavy atom. The molecule has 0 radical (unpaired) electrons. The number of likely N-dealkylation sites (tertiary alicyclic amines) is 1. The lowest BCUT2D eigenvalue weighted by Crippen LogP contribution is -2.56. The smallest absolute Gasteiger partial charge is 0.306 e. The van der Waals surface area contributed by atoms with Gasteiger partial charge in [0.2, 0.25) is 0 Å². The van der Waals surface area contributed by atoms with Crippen molar-refractivity contribution < 1.29 is 28.6 Å². The second-order valence-electron chi connectivity index (χ2n) is 11.3. The van der Waals surface area contributed by atoms with Crippen LogP contribution in [0.3, 0.4) is 0 Å². The highest BCUT2D eigenvalue weighted by atomic mass is 35.5. The van der Waals surface area contributed by atoms with E-state index in [1.54, 1.807) is 13.1 Å². The van der Waals surface area contributed by atoms with Crippen molar-refractivity contribution in [3.8, 4) is 0 Å². The average molecular weight is 584 g/mol. The highest BCUT2D eigenvalue weighted by Gasteiger charge is 2.44. The second-order valence-corrected chi connectivity index (χ2v) is 11.7. The molecule has 1 aliphatic heterocycles. The summed E-state index contributed by atoms with van der Waals surface area (Å²) in [6, 6.07) is 10.0. The third-order valence-corrected chi connectivity index (χ3v) is 8.84. The molecule has 2 aromatic carbocycles. The Kier molecular flexibility index (Phi) is 8.50. The second kappa shape index (κ2) is 11.9. The maximum absolute atomic E-state index is 15.4. The number of aliphatic carboxylic acids is 1. The van der Waals surface area contributed by atoms with Gasteiger partial charge in [-0.2, -0.15) is 0 Å². The van der Waals surface area contributed by atoms with Gasteiger partial charge in [0, 0.05) is 43.7 Å². The molecule has 2 aliphatic rings. The number of nitrogens with zero attached hydrogens (tertiary/aromatic N) is 2. The number of fused-ring (bicyclic) bond motifs is 1. The van der Waals surface area contributed by atoms with Crippen LogP contribution in [0.15, 0.2) is 42.6 Å². The first-order valence-electron chi connectivity index (χ1n) is 14.1. The number of hydrogen-bond donors (Lipinski definition) is 2. The minimum atomic E-state index is -1.27. The number of ketones is 1. The molecule has 1 aliphatic carbocycles. The van der Waals surface area contributed by atoms with Gasteiger partial charge in [0.1, 0.15) is 5.82 Å². The molecule has 218 valence electrons. The fourth-order valence-electron chi connectivity index (χ4n) is 6.08. The Morgan fingerprint density at radius 1 is 1.12 bits per heavy atom. The molecule has 2 heterocycles. The molecular formula is C31H35ClFN3O5. The quantitative estimate of drug-likeness (QED) is 0.330. The summed E-state index contributed by atoms with van der Waals surface area (Å²) in [5, 5.41) is 12.9. The lowest BCUT2D eigenvalue weighted by atomic mass is 9.87. The van der Waals surface area contributed by atoms with E-state index in [-0.39, 0.29) is 40.5 Å². The van der Waals surface area contributed by atoms with Gasteiger partial charge in [0.05, 0.1) is 28.3 Å². The topological polar surface area (TPSA) is 101 Å². The van der Waals surface area contributed by atoms with Crippen molar-refractivity contribution in [2.24, 2.45) is 13.0 Å². The molecule has 2 fully saturated rings. The van der Waals surface area contributed by atoms with E-state index in [4.69, 9.17) is 16.3 Å². The largest absolute Gasteiger partial charge is 0.481 e. The van der Waals surface area contributed by atoms with Gasteiger partial charge in [-0.3, -0.25) is 19.3 Å². The van der Waals surface area contributed by atoms with Gasteiger partial charge < -0.3 is 19.7 Å². The lowest BCUT2D eigenvalue weighted by Gasteiger charge is -2.41. The van der Waals surface area contributed by atoms with Crippen LogP contribution in [0.5, 0.6) is 0 Å². The number of aryl methyl sites for hydroxylation is 1. The van der Waals surface area contributed by atoms with Crippen LogP contribution in [0.2, 0.25) is 5.02 Å². The van der Waals surface area contributed by atoms with E-state index in [0.717, 1.165) is 29.8 Å². The molecule has 0 bridgehead atoms. The van der Waals surface area contributed by atoms with Crippen LogP contribution in [0.1, 0.15) is 61.4 Å². The molecule has 5 rings (SSSR count). The SMILES string of the molecule is Cn1cc(C(=O)Nc2cc(F)c(CC(=O)C(C)(OC3CCC(C(=O)O)CC3)N3CCCC3)cc2Cl)c2ccccc21. The fraction of sp³-hybridized carbons (Fsp3) is 0.452. The normalized spacial score (nSPS) is 21.1. The fourth-order valence-corrected chi connectivity index (χ4v) is 6.31. The maximum Gasteiger partial charge on any atom is 0.306 e. The summed E-state index contributed by atoms with van der Waals surface area (Å²) in [6.45, 7) is 3.12. The van der Waals surface area contributed by atoms with E-state index in [9.17, 15) is 19.5 Å². The number of amides is 1. The van der Waals surface area contributed by atoms with Crippen LogP contribution in [-0.2, 0) is 27.8 Å². The van der Waals surface area contributed by atoms with Gasteiger partial charge in [-0.05, 0) is 69.2 Å². The summed E-state index contributed by atoms with van der Waals surface area (Å²) in [7, 11) is 1.85. The first-order chi connectivity index (χ1) is 19.6. The van der Waals surface area contributed by atoms with Crippen LogP contribution >= 0.6 is 11.6 Å². The molecule has 1 amide bonds. The van der Waals surface area contributed by atoms with Gasteiger partial charge >= 0.3 is 5.97 Å². The molecule has 3 aromatic rings. The van der Waals surface area contributed by atoms with E-state index in [2.05, 4.69) is 5.32 Å². The molecule has 1 saturated carbocycles. The van der Waals surface area contributed by atoms with Gasteiger partial charge in [-0.15, -0.1) is 0 Å². The standard InChI is InChI=1S/C31H35ClFN3O5/c1-31(36-13-5-6-14-36,41-21-11-9-19(10-12-21)30(39)40)28(37)16-20-15-24(32)26(17-25(20)33)34-29(38)23-18-35(2)27-8-4-3-7-22(23)27/h3-4,7-8,15,17-19,21H,5-6,9-14,16H2,1-2H3,(H,34,38)(H,39,40). The van der Waals surface area contributed by atoms with Crippen LogP contribution in [0.4, 0.5) is 10.1 Å². The zero-order chi connectivity index (χ0) is 29.3. The number of nitrogens with one attached hydrogen (secondary N) is 1. The Labute approximate surface area is 243 Å². The summed E-state index contributed by atoms with van der Waals surface area (Å²) in [6.07, 6.45) is 5.21. The Bertz CT molecular complexity index is 1480. The predicted octanol–water partition coefficient (Wildman–Crippen LogP) is 5.81. The van der Waals surface area contributed by atoms with Crippen molar-refractivity contribution in [3.63, 3.8) is 0 Å². The number of hydrogen-bond acceptors (Lipinski definition) is 5. The van der Waals surface area contributed by atoms with E-state index in [0.29, 0.717) is 44.3 Å².